The van der Waals surface area contributed by atoms with Gasteiger partial charge in [0.1, 0.15) is 0 Å². The van der Waals surface area contributed by atoms with Gasteiger partial charge in [-0.2, -0.15) is 0 Å². The van der Waals surface area contributed by atoms with Crippen molar-refractivity contribution in [1.82, 2.24) is 0 Å². The highest BCUT2D eigenvalue weighted by Gasteiger charge is 2.12. The molecule has 2 rings (SSSR count). The normalized spacial score (nSPS) is 12.9. The van der Waals surface area contributed by atoms with E-state index in [0.29, 0.717) is 11.4 Å². The molecule has 0 heterocycles. The summed E-state index contributed by atoms with van der Waals surface area (Å²) in [7, 11) is -3.75. The van der Waals surface area contributed by atoms with E-state index >= 15 is 0 Å². The maximum atomic E-state index is 11.4. The lowest BCUT2D eigenvalue weighted by atomic mass is 10.1. The quantitative estimate of drug-likeness (QED) is 0.721. The van der Waals surface area contributed by atoms with Gasteiger partial charge in [-0.15, -0.1) is 0 Å². The van der Waals surface area contributed by atoms with E-state index in [9.17, 15) is 8.42 Å². The third-order valence-electron chi connectivity index (χ3n) is 3.07. The first-order chi connectivity index (χ1) is 9.77. The number of nitrogen functional groups attached to an aromatic ring is 1. The second kappa shape index (κ2) is 6.05. The molecule has 0 saturated heterocycles. The van der Waals surface area contributed by atoms with E-state index in [0.717, 1.165) is 10.0 Å². The minimum atomic E-state index is -3.75. The highest BCUT2D eigenvalue weighted by molar-refractivity contribution is 9.10. The SMILES string of the molecule is CC(Nc1cc(S(N)(=O)=O)ccc1N)c1cccc(Br)c1. The molecule has 5 nitrogen and oxygen atoms in total. The predicted molar refractivity (Wildman–Crippen MR) is 88.4 cm³/mol. The number of anilines is 2. The van der Waals surface area contributed by atoms with Crippen LogP contribution in [0.3, 0.4) is 0 Å². The van der Waals surface area contributed by atoms with Gasteiger partial charge in [-0.25, -0.2) is 13.6 Å². The Hall–Kier alpha value is -1.57. The molecule has 0 bridgehead atoms. The van der Waals surface area contributed by atoms with Crippen molar-refractivity contribution in [3.63, 3.8) is 0 Å². The van der Waals surface area contributed by atoms with Crippen molar-refractivity contribution < 1.29 is 8.42 Å². The molecule has 0 fully saturated rings. The van der Waals surface area contributed by atoms with Gasteiger partial charge in [0.15, 0.2) is 0 Å². The van der Waals surface area contributed by atoms with Crippen molar-refractivity contribution in [2.24, 2.45) is 5.14 Å². The van der Waals surface area contributed by atoms with Crippen LogP contribution in [0.1, 0.15) is 18.5 Å². The molecular weight excluding hydrogens is 354 g/mol. The number of primary sulfonamides is 1. The van der Waals surface area contributed by atoms with Crippen LogP contribution in [0.25, 0.3) is 0 Å². The summed E-state index contributed by atoms with van der Waals surface area (Å²) in [5.74, 6) is 0. The second-order valence-corrected chi connectivity index (χ2v) is 7.19. The summed E-state index contributed by atoms with van der Waals surface area (Å²) in [5, 5.41) is 8.34. The van der Waals surface area contributed by atoms with Crippen molar-refractivity contribution in [3.8, 4) is 0 Å². The Morgan fingerprint density at radius 2 is 1.90 bits per heavy atom. The molecule has 7 heteroatoms. The van der Waals surface area contributed by atoms with Gasteiger partial charge in [-0.05, 0) is 42.8 Å². The minimum Gasteiger partial charge on any atom is -0.397 e. The Balaban J connectivity index is 2.31. The molecule has 112 valence electrons. The molecule has 5 N–H and O–H groups in total. The van der Waals surface area contributed by atoms with Gasteiger partial charge in [0.2, 0.25) is 10.0 Å². The van der Waals surface area contributed by atoms with E-state index < -0.39 is 10.0 Å². The van der Waals surface area contributed by atoms with Crippen LogP contribution in [0.2, 0.25) is 0 Å². The van der Waals surface area contributed by atoms with Gasteiger partial charge in [0.05, 0.1) is 16.3 Å². The smallest absolute Gasteiger partial charge is 0.238 e. The fourth-order valence-corrected chi connectivity index (χ4v) is 2.89. The molecule has 0 saturated carbocycles. The van der Waals surface area contributed by atoms with Crippen LogP contribution in [0.5, 0.6) is 0 Å². The average molecular weight is 370 g/mol. The Kier molecular flexibility index (Phi) is 4.55. The predicted octanol–water partition coefficient (Wildman–Crippen LogP) is 2.85. The van der Waals surface area contributed by atoms with Gasteiger partial charge in [-0.3, -0.25) is 0 Å². The molecule has 0 amide bonds. The lowest BCUT2D eigenvalue weighted by molar-refractivity contribution is 0.598. The maximum Gasteiger partial charge on any atom is 0.238 e. The minimum absolute atomic E-state index is 0.0284. The fraction of sp³-hybridized carbons (Fsp3) is 0.143. The van der Waals surface area contributed by atoms with Crippen molar-refractivity contribution in [1.29, 1.82) is 0 Å². The fourth-order valence-electron chi connectivity index (χ4n) is 1.93. The summed E-state index contributed by atoms with van der Waals surface area (Å²) >= 11 is 3.42. The van der Waals surface area contributed by atoms with Crippen LogP contribution in [0.4, 0.5) is 11.4 Å². The summed E-state index contributed by atoms with van der Waals surface area (Å²) in [6.07, 6.45) is 0. The Morgan fingerprint density at radius 3 is 2.52 bits per heavy atom. The summed E-state index contributed by atoms with van der Waals surface area (Å²) in [4.78, 5) is 0.0284. The van der Waals surface area contributed by atoms with Gasteiger partial charge >= 0.3 is 0 Å². The molecule has 0 aliphatic carbocycles. The summed E-state index contributed by atoms with van der Waals surface area (Å²) in [6.45, 7) is 1.96. The number of hydrogen-bond donors (Lipinski definition) is 3. The van der Waals surface area contributed by atoms with Gasteiger partial charge in [0, 0.05) is 10.5 Å². The zero-order valence-corrected chi connectivity index (χ0v) is 13.8. The van der Waals surface area contributed by atoms with Crippen molar-refractivity contribution in [2.45, 2.75) is 17.9 Å². The monoisotopic (exact) mass is 369 g/mol. The first-order valence-corrected chi connectivity index (χ1v) is 8.55. The number of halogens is 1. The molecule has 1 unspecified atom stereocenters. The van der Waals surface area contributed by atoms with Crippen LogP contribution in [-0.2, 0) is 10.0 Å². The first kappa shape index (κ1) is 15.8. The third-order valence-corrected chi connectivity index (χ3v) is 4.48. The van der Waals surface area contributed by atoms with Crippen LogP contribution in [-0.4, -0.2) is 8.42 Å². The molecule has 2 aromatic carbocycles. The highest BCUT2D eigenvalue weighted by Crippen LogP contribution is 2.27. The van der Waals surface area contributed by atoms with Gasteiger partial charge in [0.25, 0.3) is 0 Å². The van der Waals surface area contributed by atoms with E-state index in [2.05, 4.69) is 21.2 Å². The molecule has 0 radical (unpaired) electrons. The number of hydrogen-bond acceptors (Lipinski definition) is 4. The number of sulfonamides is 1. The largest absolute Gasteiger partial charge is 0.397 e. The summed E-state index contributed by atoms with van der Waals surface area (Å²) in [6, 6.07) is 12.1. The van der Waals surface area contributed by atoms with Crippen LogP contribution in [0, 0.1) is 0 Å². The van der Waals surface area contributed by atoms with Crippen LogP contribution in [0.15, 0.2) is 51.8 Å². The summed E-state index contributed by atoms with van der Waals surface area (Å²) in [5.41, 5.74) is 7.93. The zero-order chi connectivity index (χ0) is 15.6. The molecule has 21 heavy (non-hydrogen) atoms. The molecule has 2 aromatic rings. The molecule has 0 aromatic heterocycles. The Bertz CT molecular complexity index is 763. The van der Waals surface area contributed by atoms with Crippen molar-refractivity contribution in [2.75, 3.05) is 11.1 Å². The van der Waals surface area contributed by atoms with Gasteiger partial charge < -0.3 is 11.1 Å². The third kappa shape index (κ3) is 3.96. The van der Waals surface area contributed by atoms with E-state index in [4.69, 9.17) is 10.9 Å². The zero-order valence-electron chi connectivity index (χ0n) is 11.4. The summed E-state index contributed by atoms with van der Waals surface area (Å²) < 4.78 is 23.8. The molecule has 0 aliphatic heterocycles. The van der Waals surface area contributed by atoms with Gasteiger partial charge in [-0.1, -0.05) is 28.1 Å². The molecule has 0 aliphatic rings. The van der Waals surface area contributed by atoms with Crippen LogP contribution >= 0.6 is 15.9 Å². The number of rotatable bonds is 4. The van der Waals surface area contributed by atoms with Crippen LogP contribution < -0.4 is 16.2 Å². The van der Waals surface area contributed by atoms with Crippen molar-refractivity contribution >= 4 is 37.3 Å². The molecule has 0 spiro atoms. The first-order valence-electron chi connectivity index (χ1n) is 6.21. The number of nitrogens with two attached hydrogens (primary N) is 2. The second-order valence-electron chi connectivity index (χ2n) is 4.72. The molecule has 1 atom stereocenters. The highest BCUT2D eigenvalue weighted by atomic mass is 79.9. The Morgan fingerprint density at radius 1 is 1.19 bits per heavy atom. The van der Waals surface area contributed by atoms with E-state index in [1.165, 1.54) is 18.2 Å². The molecular formula is C14H16BrN3O2S. The van der Waals surface area contributed by atoms with E-state index in [-0.39, 0.29) is 10.9 Å². The van der Waals surface area contributed by atoms with E-state index in [1.54, 1.807) is 0 Å². The number of benzene rings is 2. The average Bonchev–Trinajstić information content (AvgIpc) is 2.40. The Labute approximate surface area is 132 Å². The topological polar surface area (TPSA) is 98.2 Å². The maximum absolute atomic E-state index is 11.4. The van der Waals surface area contributed by atoms with E-state index in [1.807, 2.05) is 31.2 Å². The standard InChI is InChI=1S/C14H16BrN3O2S/c1-9(10-3-2-4-11(15)7-10)18-14-8-12(21(17,19)20)5-6-13(14)16/h2-9,18H,16H2,1H3,(H2,17,19,20). The lowest BCUT2D eigenvalue weighted by Crippen LogP contribution is -2.14. The van der Waals surface area contributed by atoms with Crippen molar-refractivity contribution in [3.05, 3.63) is 52.5 Å². The number of nitrogens with one attached hydrogen (secondary N) is 1. The lowest BCUT2D eigenvalue weighted by Gasteiger charge is -2.18.